The molecule has 2 aromatic carbocycles. The standard InChI is InChI=1S/C24H25N3O4/c1-24(2,3)20-15-18(21-23(31-5)26-13-12-25-21)14-17(22(20)30-4)9-6-16-7-10-19(11-8-16)27(28)29/h6-15H,1-5H3. The highest BCUT2D eigenvalue weighted by Crippen LogP contribution is 2.39. The Kier molecular flexibility index (Phi) is 6.34. The number of non-ortho nitro benzene ring substituents is 1. The number of methoxy groups -OCH3 is 2. The predicted octanol–water partition coefficient (Wildman–Crippen LogP) is 5.54. The van der Waals surface area contributed by atoms with Crippen LogP contribution < -0.4 is 9.47 Å². The van der Waals surface area contributed by atoms with Crippen LogP contribution in [0.3, 0.4) is 0 Å². The summed E-state index contributed by atoms with van der Waals surface area (Å²) >= 11 is 0. The molecule has 3 aromatic rings. The molecule has 0 saturated heterocycles. The van der Waals surface area contributed by atoms with Crippen molar-refractivity contribution in [3.05, 3.63) is 75.6 Å². The number of nitro groups is 1. The first-order chi connectivity index (χ1) is 14.7. The van der Waals surface area contributed by atoms with Crippen LogP contribution in [0.2, 0.25) is 0 Å². The molecule has 0 bridgehead atoms. The third kappa shape index (κ3) is 4.88. The summed E-state index contributed by atoms with van der Waals surface area (Å²) < 4.78 is 11.2. The monoisotopic (exact) mass is 419 g/mol. The first-order valence-electron chi connectivity index (χ1n) is 9.75. The van der Waals surface area contributed by atoms with Crippen LogP contribution in [-0.4, -0.2) is 29.1 Å². The largest absolute Gasteiger partial charge is 0.496 e. The quantitative estimate of drug-likeness (QED) is 0.296. The zero-order valence-electron chi connectivity index (χ0n) is 18.2. The molecule has 0 amide bonds. The molecule has 0 aliphatic carbocycles. The molecule has 0 aliphatic rings. The van der Waals surface area contributed by atoms with Gasteiger partial charge in [-0.25, -0.2) is 9.97 Å². The molecule has 1 heterocycles. The van der Waals surface area contributed by atoms with E-state index in [2.05, 4.69) is 36.8 Å². The van der Waals surface area contributed by atoms with E-state index < -0.39 is 4.92 Å². The number of nitro benzene ring substituents is 1. The molecule has 0 atom stereocenters. The first-order valence-corrected chi connectivity index (χ1v) is 9.75. The lowest BCUT2D eigenvalue weighted by Gasteiger charge is -2.24. The molecule has 0 N–H and O–H groups in total. The number of ether oxygens (including phenoxy) is 2. The molecular formula is C24H25N3O4. The van der Waals surface area contributed by atoms with Crippen molar-refractivity contribution in [3.8, 4) is 22.9 Å². The second kappa shape index (κ2) is 8.95. The van der Waals surface area contributed by atoms with Crippen LogP contribution in [0.1, 0.15) is 37.5 Å². The first kappa shape index (κ1) is 22.0. The van der Waals surface area contributed by atoms with E-state index in [0.717, 1.165) is 28.0 Å². The van der Waals surface area contributed by atoms with Crippen LogP contribution >= 0.6 is 0 Å². The van der Waals surface area contributed by atoms with Gasteiger partial charge in [0.2, 0.25) is 5.88 Å². The van der Waals surface area contributed by atoms with Crippen LogP contribution in [-0.2, 0) is 5.41 Å². The maximum Gasteiger partial charge on any atom is 0.269 e. The topological polar surface area (TPSA) is 87.4 Å². The molecule has 31 heavy (non-hydrogen) atoms. The molecule has 0 unspecified atom stereocenters. The number of hydrogen-bond donors (Lipinski definition) is 0. The van der Waals surface area contributed by atoms with Gasteiger partial charge in [-0.2, -0.15) is 0 Å². The molecule has 160 valence electrons. The molecule has 0 saturated carbocycles. The maximum atomic E-state index is 10.9. The van der Waals surface area contributed by atoms with Gasteiger partial charge in [0, 0.05) is 41.2 Å². The summed E-state index contributed by atoms with van der Waals surface area (Å²) in [5, 5.41) is 10.9. The lowest BCUT2D eigenvalue weighted by molar-refractivity contribution is -0.384. The summed E-state index contributed by atoms with van der Waals surface area (Å²) in [5.74, 6) is 1.20. The highest BCUT2D eigenvalue weighted by Gasteiger charge is 2.23. The van der Waals surface area contributed by atoms with Crippen molar-refractivity contribution in [3.63, 3.8) is 0 Å². The maximum absolute atomic E-state index is 10.9. The summed E-state index contributed by atoms with van der Waals surface area (Å²) in [6, 6.07) is 10.4. The van der Waals surface area contributed by atoms with Gasteiger partial charge in [0.25, 0.3) is 5.69 Å². The van der Waals surface area contributed by atoms with Gasteiger partial charge in [0.15, 0.2) is 0 Å². The number of hydrogen-bond acceptors (Lipinski definition) is 6. The van der Waals surface area contributed by atoms with Crippen molar-refractivity contribution < 1.29 is 14.4 Å². The van der Waals surface area contributed by atoms with Crippen molar-refractivity contribution in [2.24, 2.45) is 0 Å². The average molecular weight is 419 g/mol. The van der Waals surface area contributed by atoms with E-state index in [-0.39, 0.29) is 11.1 Å². The Hall–Kier alpha value is -3.74. The normalized spacial score (nSPS) is 11.5. The second-order valence-electron chi connectivity index (χ2n) is 7.99. The zero-order chi connectivity index (χ0) is 22.6. The average Bonchev–Trinajstić information content (AvgIpc) is 2.76. The molecule has 7 heteroatoms. The van der Waals surface area contributed by atoms with Crippen molar-refractivity contribution in [1.82, 2.24) is 9.97 Å². The van der Waals surface area contributed by atoms with Gasteiger partial charge in [-0.3, -0.25) is 10.1 Å². The molecule has 1 aromatic heterocycles. The van der Waals surface area contributed by atoms with Crippen LogP contribution in [0, 0.1) is 10.1 Å². The van der Waals surface area contributed by atoms with Gasteiger partial charge in [-0.1, -0.05) is 32.9 Å². The highest BCUT2D eigenvalue weighted by molar-refractivity contribution is 5.79. The van der Waals surface area contributed by atoms with E-state index in [1.165, 1.54) is 12.1 Å². The number of nitrogens with zero attached hydrogens (tertiary/aromatic N) is 3. The Balaban J connectivity index is 2.14. The van der Waals surface area contributed by atoms with Crippen molar-refractivity contribution in [2.75, 3.05) is 14.2 Å². The third-order valence-corrected chi connectivity index (χ3v) is 4.82. The molecule has 3 rings (SSSR count). The third-order valence-electron chi connectivity index (χ3n) is 4.82. The molecule has 7 nitrogen and oxygen atoms in total. The minimum atomic E-state index is -0.413. The van der Waals surface area contributed by atoms with E-state index in [0.29, 0.717) is 11.6 Å². The summed E-state index contributed by atoms with van der Waals surface area (Å²) in [6.07, 6.45) is 7.05. The fourth-order valence-electron chi connectivity index (χ4n) is 3.26. The van der Waals surface area contributed by atoms with E-state index in [9.17, 15) is 10.1 Å². The Bertz CT molecular complexity index is 1120. The lowest BCUT2D eigenvalue weighted by Crippen LogP contribution is -2.14. The zero-order valence-corrected chi connectivity index (χ0v) is 18.2. The van der Waals surface area contributed by atoms with Gasteiger partial charge in [0.05, 0.1) is 19.1 Å². The van der Waals surface area contributed by atoms with Gasteiger partial charge in [0.1, 0.15) is 11.4 Å². The van der Waals surface area contributed by atoms with Crippen molar-refractivity contribution in [1.29, 1.82) is 0 Å². The molecule has 0 spiro atoms. The van der Waals surface area contributed by atoms with Gasteiger partial charge < -0.3 is 9.47 Å². The molecule has 0 aliphatic heterocycles. The number of aromatic nitrogens is 2. The van der Waals surface area contributed by atoms with Crippen LogP contribution in [0.4, 0.5) is 5.69 Å². The van der Waals surface area contributed by atoms with Crippen LogP contribution in [0.15, 0.2) is 48.8 Å². The summed E-state index contributed by atoms with van der Waals surface area (Å²) in [5.41, 5.74) is 4.09. The van der Waals surface area contributed by atoms with E-state index >= 15 is 0 Å². The Morgan fingerprint density at radius 2 is 1.65 bits per heavy atom. The Morgan fingerprint density at radius 3 is 2.23 bits per heavy atom. The smallest absolute Gasteiger partial charge is 0.269 e. The summed E-state index contributed by atoms with van der Waals surface area (Å²) in [4.78, 5) is 19.2. The molecule has 0 radical (unpaired) electrons. The van der Waals surface area contributed by atoms with Gasteiger partial charge in [-0.15, -0.1) is 0 Å². The van der Waals surface area contributed by atoms with Gasteiger partial charge >= 0.3 is 0 Å². The fraction of sp³-hybridized carbons (Fsp3) is 0.250. The Morgan fingerprint density at radius 1 is 0.968 bits per heavy atom. The number of rotatable bonds is 6. The lowest BCUT2D eigenvalue weighted by atomic mass is 9.83. The van der Waals surface area contributed by atoms with E-state index in [4.69, 9.17) is 9.47 Å². The predicted molar refractivity (Wildman–Crippen MR) is 121 cm³/mol. The second-order valence-corrected chi connectivity index (χ2v) is 7.99. The van der Waals surface area contributed by atoms with E-state index in [1.54, 1.807) is 38.7 Å². The summed E-state index contributed by atoms with van der Waals surface area (Å²) in [7, 11) is 3.22. The van der Waals surface area contributed by atoms with Gasteiger partial charge in [-0.05, 0) is 35.2 Å². The minimum absolute atomic E-state index is 0.0569. The van der Waals surface area contributed by atoms with Crippen LogP contribution in [0.25, 0.3) is 23.4 Å². The van der Waals surface area contributed by atoms with Crippen molar-refractivity contribution in [2.45, 2.75) is 26.2 Å². The van der Waals surface area contributed by atoms with Crippen molar-refractivity contribution >= 4 is 17.8 Å². The minimum Gasteiger partial charge on any atom is -0.496 e. The molecular weight excluding hydrogens is 394 g/mol. The SMILES string of the molecule is COc1nccnc1-c1cc(C=Cc2ccc([N+](=O)[O-])cc2)c(OC)c(C(C)(C)C)c1. The van der Waals surface area contributed by atoms with E-state index in [1.807, 2.05) is 18.2 Å². The Labute approximate surface area is 181 Å². The number of benzene rings is 2. The fourth-order valence-corrected chi connectivity index (χ4v) is 3.26. The highest BCUT2D eigenvalue weighted by atomic mass is 16.6. The summed E-state index contributed by atoms with van der Waals surface area (Å²) in [6.45, 7) is 6.35. The molecule has 0 fully saturated rings. The van der Waals surface area contributed by atoms with Crippen LogP contribution in [0.5, 0.6) is 11.6 Å².